The van der Waals surface area contributed by atoms with E-state index < -0.39 is 6.04 Å². The van der Waals surface area contributed by atoms with Crippen molar-refractivity contribution in [1.29, 1.82) is 0 Å². The van der Waals surface area contributed by atoms with Gasteiger partial charge < -0.3 is 24.1 Å². The predicted molar refractivity (Wildman–Crippen MR) is 127 cm³/mol. The van der Waals surface area contributed by atoms with E-state index in [0.29, 0.717) is 34.9 Å². The number of pyridine rings is 1. The van der Waals surface area contributed by atoms with Crippen molar-refractivity contribution in [3.05, 3.63) is 69.8 Å². The van der Waals surface area contributed by atoms with Gasteiger partial charge >= 0.3 is 0 Å². The van der Waals surface area contributed by atoms with Crippen LogP contribution in [0.3, 0.4) is 0 Å². The number of anilines is 1. The quantitative estimate of drug-likeness (QED) is 0.472. The molecule has 2 aromatic carbocycles. The second-order valence-corrected chi connectivity index (χ2v) is 9.18. The van der Waals surface area contributed by atoms with Crippen molar-refractivity contribution in [2.45, 2.75) is 38.0 Å². The number of nitrogens with one attached hydrogen (secondary N) is 1. The lowest BCUT2D eigenvalue weighted by Gasteiger charge is -2.29. The van der Waals surface area contributed by atoms with Gasteiger partial charge in [0.1, 0.15) is 6.04 Å². The molecular weight excluding hydrogens is 448 g/mol. The van der Waals surface area contributed by atoms with Crippen LogP contribution in [0.15, 0.2) is 47.3 Å². The largest absolute Gasteiger partial charge is 0.454 e. The molecule has 3 aliphatic rings. The molecule has 35 heavy (non-hydrogen) atoms. The molecule has 0 amide bonds. The highest BCUT2D eigenvalue weighted by atomic mass is 16.7. The van der Waals surface area contributed by atoms with Crippen molar-refractivity contribution < 1.29 is 14.2 Å². The number of benzene rings is 2. The fraction of sp³-hybridized carbons (Fsp3) is 0.360. The van der Waals surface area contributed by atoms with Crippen LogP contribution in [0.4, 0.5) is 5.69 Å². The molecule has 5 heterocycles. The number of ether oxygens (including phenoxy) is 3. The minimum Gasteiger partial charge on any atom is -0.454 e. The molecule has 2 unspecified atom stereocenters. The van der Waals surface area contributed by atoms with E-state index >= 15 is 0 Å². The van der Waals surface area contributed by atoms with Crippen molar-refractivity contribution in [2.24, 2.45) is 0 Å². The van der Waals surface area contributed by atoms with Gasteiger partial charge in [-0.3, -0.25) is 4.79 Å². The van der Waals surface area contributed by atoms with Gasteiger partial charge in [-0.05, 0) is 53.5 Å². The summed E-state index contributed by atoms with van der Waals surface area (Å²) in [5.41, 5.74) is 3.43. The Bertz CT molecular complexity index is 1470. The zero-order valence-electron chi connectivity index (χ0n) is 19.0. The molecule has 10 heteroatoms. The lowest BCUT2D eigenvalue weighted by atomic mass is 10.0. The Morgan fingerprint density at radius 2 is 2.03 bits per heavy atom. The molecule has 1 N–H and O–H groups in total. The molecule has 1 saturated heterocycles. The number of H-pyrrole nitrogens is 1. The van der Waals surface area contributed by atoms with E-state index in [1.54, 1.807) is 4.68 Å². The highest BCUT2D eigenvalue weighted by Gasteiger charge is 2.35. The van der Waals surface area contributed by atoms with Crippen LogP contribution in [0, 0.1) is 0 Å². The summed E-state index contributed by atoms with van der Waals surface area (Å²) in [5, 5.41) is 13.6. The fourth-order valence-electron chi connectivity index (χ4n) is 5.41. The third-order valence-corrected chi connectivity index (χ3v) is 7.10. The number of fused-ring (bicyclic) bond motifs is 3. The molecule has 0 radical (unpaired) electrons. The van der Waals surface area contributed by atoms with Crippen molar-refractivity contribution >= 4 is 16.6 Å². The Labute approximate surface area is 200 Å². The normalized spacial score (nSPS) is 19.4. The van der Waals surface area contributed by atoms with Crippen molar-refractivity contribution in [2.75, 3.05) is 24.8 Å². The number of tetrazole rings is 1. The zero-order valence-corrected chi connectivity index (χ0v) is 19.0. The van der Waals surface area contributed by atoms with E-state index in [1.165, 1.54) is 5.56 Å². The second kappa shape index (κ2) is 8.09. The lowest BCUT2D eigenvalue weighted by Crippen LogP contribution is -2.35. The summed E-state index contributed by atoms with van der Waals surface area (Å²) in [6.45, 7) is 2.24. The van der Waals surface area contributed by atoms with E-state index in [9.17, 15) is 4.79 Å². The maximum absolute atomic E-state index is 13.5. The van der Waals surface area contributed by atoms with Gasteiger partial charge in [0.25, 0.3) is 5.56 Å². The summed E-state index contributed by atoms with van der Waals surface area (Å²) in [7, 11) is 0. The Hall–Kier alpha value is -3.92. The second-order valence-electron chi connectivity index (χ2n) is 9.18. The number of aromatic amines is 1. The standard InChI is InChI=1S/C25H24N6O4/c32-25-18(10-16-11-21-22(35-14-34-21)12-19(16)26-25)23(30-8-7-15-4-1-2-6-20(15)30)24-27-28-29-31(24)13-17-5-3-9-33-17/h1-2,4,6,10-12,17,23H,3,5,7-9,13-14H2,(H,26,32). The Balaban J connectivity index is 1.39. The van der Waals surface area contributed by atoms with Crippen LogP contribution in [-0.2, 0) is 17.7 Å². The van der Waals surface area contributed by atoms with Crippen molar-refractivity contribution in [1.82, 2.24) is 25.2 Å². The number of hydrogen-bond acceptors (Lipinski definition) is 8. The molecule has 0 saturated carbocycles. The fourth-order valence-corrected chi connectivity index (χ4v) is 5.41. The smallest absolute Gasteiger partial charge is 0.254 e. The first-order valence-electron chi connectivity index (χ1n) is 11.9. The van der Waals surface area contributed by atoms with Crippen LogP contribution >= 0.6 is 0 Å². The van der Waals surface area contributed by atoms with Gasteiger partial charge in [0.2, 0.25) is 6.79 Å². The van der Waals surface area contributed by atoms with Gasteiger partial charge in [-0.2, -0.15) is 0 Å². The van der Waals surface area contributed by atoms with E-state index in [1.807, 2.05) is 30.3 Å². The first kappa shape index (κ1) is 20.5. The van der Waals surface area contributed by atoms with E-state index in [-0.39, 0.29) is 18.5 Å². The molecule has 1 fully saturated rings. The Morgan fingerprint density at radius 3 is 2.91 bits per heavy atom. The van der Waals surface area contributed by atoms with E-state index in [2.05, 4.69) is 37.5 Å². The van der Waals surface area contributed by atoms with Crippen LogP contribution < -0.4 is 19.9 Å². The van der Waals surface area contributed by atoms with Crippen LogP contribution in [-0.4, -0.2) is 51.2 Å². The minimum absolute atomic E-state index is 0.0680. The minimum atomic E-state index is -0.464. The van der Waals surface area contributed by atoms with Gasteiger partial charge in [0.05, 0.1) is 18.2 Å². The topological polar surface area (TPSA) is 107 Å². The molecule has 7 rings (SSSR count). The molecule has 0 aliphatic carbocycles. The van der Waals surface area contributed by atoms with Gasteiger partial charge in [0, 0.05) is 35.9 Å². The molecule has 4 aromatic rings. The Kier molecular flexibility index (Phi) is 4.73. The number of rotatable bonds is 5. The molecule has 0 bridgehead atoms. The van der Waals surface area contributed by atoms with Crippen molar-refractivity contribution in [3.63, 3.8) is 0 Å². The van der Waals surface area contributed by atoms with Gasteiger partial charge in [-0.25, -0.2) is 4.68 Å². The molecule has 0 spiro atoms. The molecule has 10 nitrogen and oxygen atoms in total. The highest BCUT2D eigenvalue weighted by Crippen LogP contribution is 2.39. The molecule has 3 aliphatic heterocycles. The number of nitrogens with zero attached hydrogens (tertiary/aromatic N) is 5. The summed E-state index contributed by atoms with van der Waals surface area (Å²) >= 11 is 0. The maximum atomic E-state index is 13.5. The molecular formula is C25H24N6O4. The van der Waals surface area contributed by atoms with E-state index in [0.717, 1.165) is 43.5 Å². The summed E-state index contributed by atoms with van der Waals surface area (Å²) in [6.07, 6.45) is 2.97. The average Bonchev–Trinajstić information content (AvgIpc) is 3.67. The van der Waals surface area contributed by atoms with Crippen LogP contribution in [0.1, 0.15) is 35.8 Å². The van der Waals surface area contributed by atoms with Gasteiger partial charge in [-0.15, -0.1) is 5.10 Å². The monoisotopic (exact) mass is 472 g/mol. The third kappa shape index (κ3) is 3.44. The lowest BCUT2D eigenvalue weighted by molar-refractivity contribution is 0.0924. The highest BCUT2D eigenvalue weighted by molar-refractivity contribution is 5.83. The number of hydrogen-bond donors (Lipinski definition) is 1. The molecule has 2 aromatic heterocycles. The Morgan fingerprint density at radius 1 is 1.14 bits per heavy atom. The summed E-state index contributed by atoms with van der Waals surface area (Å²) in [6, 6.07) is 13.5. The SMILES string of the molecule is O=c1[nH]c2cc3c(cc2cc1C(c1nnnn1CC1CCCO1)N1CCc2ccccc21)OCO3. The zero-order chi connectivity index (χ0) is 23.4. The molecule has 178 valence electrons. The predicted octanol–water partition coefficient (Wildman–Crippen LogP) is 2.57. The summed E-state index contributed by atoms with van der Waals surface area (Å²) in [4.78, 5) is 18.8. The van der Waals surface area contributed by atoms with Crippen LogP contribution in [0.2, 0.25) is 0 Å². The van der Waals surface area contributed by atoms with Crippen LogP contribution in [0.5, 0.6) is 11.5 Å². The van der Waals surface area contributed by atoms with Crippen LogP contribution in [0.25, 0.3) is 10.9 Å². The third-order valence-electron chi connectivity index (χ3n) is 7.10. The first-order chi connectivity index (χ1) is 17.2. The average molecular weight is 473 g/mol. The summed E-state index contributed by atoms with van der Waals surface area (Å²) in [5.74, 6) is 1.93. The molecule has 2 atom stereocenters. The summed E-state index contributed by atoms with van der Waals surface area (Å²) < 4.78 is 18.7. The number of aromatic nitrogens is 5. The first-order valence-corrected chi connectivity index (χ1v) is 11.9. The maximum Gasteiger partial charge on any atom is 0.254 e. The van der Waals surface area contributed by atoms with Gasteiger partial charge in [0.15, 0.2) is 17.3 Å². The van der Waals surface area contributed by atoms with E-state index in [4.69, 9.17) is 14.2 Å². The van der Waals surface area contributed by atoms with Gasteiger partial charge in [-0.1, -0.05) is 18.2 Å². The number of para-hydroxylation sites is 1. The van der Waals surface area contributed by atoms with Crippen molar-refractivity contribution in [3.8, 4) is 11.5 Å².